The second kappa shape index (κ2) is 35.6. The Morgan fingerprint density at radius 1 is 0.579 bits per heavy atom. The molecule has 0 unspecified atom stereocenters. The molecule has 228 valence electrons. The molecule has 0 aliphatic heterocycles. The van der Waals surface area contributed by atoms with Crippen molar-refractivity contribution in [3.8, 4) is 0 Å². The number of carbonyl (C=O) groups excluding carboxylic acids is 1. The van der Waals surface area contributed by atoms with E-state index >= 15 is 0 Å². The Kier molecular flexibility index (Phi) is 38.2. The van der Waals surface area contributed by atoms with Gasteiger partial charge in [0.05, 0.1) is 5.97 Å². The molecule has 0 aromatic rings. The third-order valence-corrected chi connectivity index (χ3v) is 17.5. The molecule has 0 radical (unpaired) electrons. The number of carboxylic acid groups (broad SMARTS) is 1. The second-order valence-corrected chi connectivity index (χ2v) is 21.6. The van der Waals surface area contributed by atoms with Crippen molar-refractivity contribution in [3.05, 3.63) is 0 Å². The van der Waals surface area contributed by atoms with Crippen molar-refractivity contribution in [3.63, 3.8) is 0 Å². The van der Waals surface area contributed by atoms with Gasteiger partial charge in [-0.2, -0.15) is 11.8 Å². The fourth-order valence-electron chi connectivity index (χ4n) is 4.93. The van der Waals surface area contributed by atoms with E-state index < -0.39 is 25.7 Å². The number of unbranched alkanes of at least 4 members (excludes halogenated alkanes) is 17. The van der Waals surface area contributed by atoms with Crippen molar-refractivity contribution in [1.82, 2.24) is 0 Å². The van der Waals surface area contributed by atoms with E-state index in [4.69, 9.17) is 0 Å². The van der Waals surface area contributed by atoms with Crippen LogP contribution in [0.25, 0.3) is 0 Å². The molecule has 0 fully saturated rings. The zero-order valence-electron chi connectivity index (χ0n) is 26.9. The van der Waals surface area contributed by atoms with E-state index in [-0.39, 0.29) is 5.75 Å². The molecule has 0 heterocycles. The van der Waals surface area contributed by atoms with Crippen molar-refractivity contribution in [1.29, 1.82) is 0 Å². The van der Waals surface area contributed by atoms with Gasteiger partial charge >= 0.3 is 169 Å². The molecular formula is C34H70O2SSn. The number of carbonyl (C=O) groups is 1. The summed E-state index contributed by atoms with van der Waals surface area (Å²) in [4.78, 5) is 10.0. The first kappa shape index (κ1) is 40.8. The summed E-state index contributed by atoms with van der Waals surface area (Å²) in [5.74, 6) is 0.930. The van der Waals surface area contributed by atoms with Crippen LogP contribution in [-0.2, 0) is 4.79 Å². The third-order valence-electron chi connectivity index (χ3n) is 7.44. The Hall–Kier alpha value is 0.619. The summed E-state index contributed by atoms with van der Waals surface area (Å²) in [5.41, 5.74) is 0. The Balaban J connectivity index is 0. The van der Waals surface area contributed by atoms with Crippen molar-refractivity contribution >= 4 is 37.5 Å². The number of thioether (sulfide) groups is 1. The molecule has 0 atom stereocenters. The fraction of sp³-hybridized carbons (Fsp3) is 0.971. The first-order valence-corrected chi connectivity index (χ1v) is 24.3. The van der Waals surface area contributed by atoms with Gasteiger partial charge in [-0.05, 0) is 18.1 Å². The predicted octanol–water partition coefficient (Wildman–Crippen LogP) is 11.2. The molecule has 0 aliphatic rings. The number of carboxylic acids is 1. The van der Waals surface area contributed by atoms with Crippen LogP contribution in [0.1, 0.15) is 176 Å². The molecule has 0 saturated heterocycles. The maximum atomic E-state index is 10.0. The Morgan fingerprint density at radius 2 is 0.947 bits per heavy atom. The summed E-state index contributed by atoms with van der Waals surface area (Å²) in [6, 6.07) is 0. The average molecular weight is 662 g/mol. The molecule has 0 aromatic carbocycles. The number of aliphatic carboxylic acids is 1. The fourth-order valence-corrected chi connectivity index (χ4v) is 14.2. The first-order valence-electron chi connectivity index (χ1n) is 17.1. The van der Waals surface area contributed by atoms with Gasteiger partial charge < -0.3 is 9.90 Å². The van der Waals surface area contributed by atoms with Gasteiger partial charge in [0.15, 0.2) is 0 Å². The van der Waals surface area contributed by atoms with Crippen molar-refractivity contribution in [2.45, 2.75) is 189 Å². The van der Waals surface area contributed by atoms with Crippen LogP contribution in [0.2, 0.25) is 13.3 Å². The third kappa shape index (κ3) is 38.8. The zero-order chi connectivity index (χ0) is 28.5. The molecule has 0 spiro atoms. The number of hydrogen-bond donors (Lipinski definition) is 0. The van der Waals surface area contributed by atoms with Crippen LogP contribution >= 0.6 is 11.8 Å². The Labute approximate surface area is 252 Å². The summed E-state index contributed by atoms with van der Waals surface area (Å²) in [6.07, 6.45) is 31.8. The zero-order valence-corrected chi connectivity index (χ0v) is 30.6. The standard InChI is InChI=1S/C10H20O2S.3C8H17.Sn/c1-9(2)6-4-3-5-7-13-8-10(11)12;3*1-3-5-7-8-6-4-2;/h9H,3-8H2,1-2H3,(H,11,12);3*1,3-8H2,2H3;/q;;;;+1/p-1. The van der Waals surface area contributed by atoms with Crippen LogP contribution < -0.4 is 5.11 Å². The molecule has 38 heavy (non-hydrogen) atoms. The van der Waals surface area contributed by atoms with Gasteiger partial charge in [-0.1, -0.05) is 33.1 Å². The number of rotatable bonds is 29. The van der Waals surface area contributed by atoms with Crippen LogP contribution in [0, 0.1) is 5.92 Å². The van der Waals surface area contributed by atoms with Gasteiger partial charge in [0.25, 0.3) is 0 Å². The molecule has 0 aliphatic carbocycles. The van der Waals surface area contributed by atoms with Gasteiger partial charge in [0.1, 0.15) is 0 Å². The topological polar surface area (TPSA) is 40.1 Å². The van der Waals surface area contributed by atoms with Gasteiger partial charge in [0, 0.05) is 5.75 Å². The second-order valence-electron chi connectivity index (χ2n) is 12.0. The molecule has 0 rings (SSSR count). The summed E-state index contributed by atoms with van der Waals surface area (Å²) in [7, 11) is 0. The van der Waals surface area contributed by atoms with Gasteiger partial charge in [0.2, 0.25) is 0 Å². The molecule has 0 bridgehead atoms. The summed E-state index contributed by atoms with van der Waals surface area (Å²) in [6.45, 7) is 11.4. The normalized spacial score (nSPS) is 11.0. The molecule has 2 nitrogen and oxygen atoms in total. The van der Waals surface area contributed by atoms with Crippen LogP contribution in [0.15, 0.2) is 0 Å². The van der Waals surface area contributed by atoms with E-state index in [1.54, 1.807) is 32.6 Å². The molecule has 0 N–H and O–H groups in total. The van der Waals surface area contributed by atoms with E-state index in [0.717, 1.165) is 18.1 Å². The van der Waals surface area contributed by atoms with E-state index in [2.05, 4.69) is 34.6 Å². The summed E-state index contributed by atoms with van der Waals surface area (Å²) < 4.78 is 5.16. The van der Waals surface area contributed by atoms with Crippen LogP contribution in [0.5, 0.6) is 0 Å². The minimum atomic E-state index is -1.02. The molecule has 4 heteroatoms. The first-order chi connectivity index (χ1) is 18.5. The monoisotopic (exact) mass is 662 g/mol. The van der Waals surface area contributed by atoms with Crippen LogP contribution in [-0.4, -0.2) is 37.2 Å². The van der Waals surface area contributed by atoms with Crippen LogP contribution in [0.3, 0.4) is 0 Å². The van der Waals surface area contributed by atoms with Gasteiger partial charge in [-0.3, -0.25) is 0 Å². The van der Waals surface area contributed by atoms with Crippen molar-refractivity contribution in [2.24, 2.45) is 5.92 Å². The SMILES string of the molecule is CC(C)CCCCCSCC(=O)[O-].CCCCCCC[CH2][Sn+]([CH2]CCCCCCC)[CH2]CCCCCCC. The van der Waals surface area contributed by atoms with E-state index in [1.165, 1.54) is 127 Å². The Bertz CT molecular complexity index is 406. The molecular weight excluding hydrogens is 591 g/mol. The molecule has 0 saturated carbocycles. The van der Waals surface area contributed by atoms with E-state index in [1.807, 2.05) is 0 Å². The number of hydrogen-bond acceptors (Lipinski definition) is 3. The predicted molar refractivity (Wildman–Crippen MR) is 176 cm³/mol. The minimum absolute atomic E-state index is 0.143. The quantitative estimate of drug-likeness (QED) is 0.0592. The molecule has 0 aromatic heterocycles. The Morgan fingerprint density at radius 3 is 1.32 bits per heavy atom. The van der Waals surface area contributed by atoms with Crippen LogP contribution in [0.4, 0.5) is 0 Å². The van der Waals surface area contributed by atoms with Crippen molar-refractivity contribution in [2.75, 3.05) is 11.5 Å². The van der Waals surface area contributed by atoms with E-state index in [0.29, 0.717) is 0 Å². The van der Waals surface area contributed by atoms with Gasteiger partial charge in [-0.15, -0.1) is 0 Å². The van der Waals surface area contributed by atoms with E-state index in [9.17, 15) is 9.90 Å². The van der Waals surface area contributed by atoms with Crippen molar-refractivity contribution < 1.29 is 9.90 Å². The molecule has 0 amide bonds. The summed E-state index contributed by atoms with van der Waals surface area (Å²) in [5, 5.41) is 10.0. The van der Waals surface area contributed by atoms with Gasteiger partial charge in [-0.25, -0.2) is 0 Å². The summed E-state index contributed by atoms with van der Waals surface area (Å²) >= 11 is 0.443. The average Bonchev–Trinajstić information content (AvgIpc) is 2.89. The maximum absolute atomic E-state index is 10.0.